The zero-order valence-electron chi connectivity index (χ0n) is 7.37. The monoisotopic (exact) mass is 183 g/mol. The number of nitrogens with zero attached hydrogens (tertiary/aromatic N) is 2. The van der Waals surface area contributed by atoms with E-state index >= 15 is 0 Å². The van der Waals surface area contributed by atoms with Gasteiger partial charge in [-0.15, -0.1) is 21.5 Å². The van der Waals surface area contributed by atoms with Gasteiger partial charge in [0.15, 0.2) is 0 Å². The maximum Gasteiger partial charge on any atom is 0.123 e. The van der Waals surface area contributed by atoms with E-state index < -0.39 is 0 Å². The normalized spacial score (nSPS) is 18.2. The fourth-order valence-electron chi connectivity index (χ4n) is 1.11. The molecule has 1 aromatic heterocycles. The first-order chi connectivity index (χ1) is 5.77. The maximum atomic E-state index is 4.19. The second-order valence-electron chi connectivity index (χ2n) is 3.49. The third-order valence-corrected chi connectivity index (χ3v) is 3.47. The van der Waals surface area contributed by atoms with Gasteiger partial charge in [0.05, 0.1) is 0 Å². The Morgan fingerprint density at radius 1 is 1.42 bits per heavy atom. The van der Waals surface area contributed by atoms with Gasteiger partial charge in [0, 0.05) is 24.9 Å². The molecule has 0 aliphatic carbocycles. The molecule has 3 nitrogen and oxygen atoms in total. The lowest BCUT2D eigenvalue weighted by atomic mass is 10.1. The summed E-state index contributed by atoms with van der Waals surface area (Å²) in [6.45, 7) is 6.46. The van der Waals surface area contributed by atoms with Crippen molar-refractivity contribution in [3.05, 3.63) is 10.0 Å². The van der Waals surface area contributed by atoms with E-state index in [0.717, 1.165) is 18.1 Å². The van der Waals surface area contributed by atoms with Crippen molar-refractivity contribution in [2.24, 2.45) is 0 Å². The van der Waals surface area contributed by atoms with Crippen LogP contribution in [-0.4, -0.2) is 23.3 Å². The van der Waals surface area contributed by atoms with Crippen LogP contribution in [0.15, 0.2) is 0 Å². The van der Waals surface area contributed by atoms with Gasteiger partial charge in [0.25, 0.3) is 0 Å². The number of aromatic nitrogens is 2. The van der Waals surface area contributed by atoms with E-state index in [2.05, 4.69) is 29.4 Å². The predicted molar refractivity (Wildman–Crippen MR) is 49.6 cm³/mol. The van der Waals surface area contributed by atoms with E-state index in [1.165, 1.54) is 5.01 Å². The average molecular weight is 183 g/mol. The summed E-state index contributed by atoms with van der Waals surface area (Å²) in [7, 11) is 0. The first-order valence-corrected chi connectivity index (χ1v) is 5.13. The Labute approximate surface area is 76.2 Å². The molecule has 0 atom stereocenters. The molecule has 12 heavy (non-hydrogen) atoms. The molecule has 0 saturated carbocycles. The molecular formula is C8H13N3S. The molecule has 0 unspecified atom stereocenters. The first kappa shape index (κ1) is 8.13. The molecule has 1 aromatic rings. The van der Waals surface area contributed by atoms with Crippen molar-refractivity contribution in [2.75, 3.05) is 13.1 Å². The van der Waals surface area contributed by atoms with Crippen LogP contribution >= 0.6 is 11.3 Å². The van der Waals surface area contributed by atoms with Gasteiger partial charge in [-0.05, 0) is 0 Å². The second-order valence-corrected chi connectivity index (χ2v) is 4.53. The molecule has 4 heteroatoms. The molecule has 0 amide bonds. The highest BCUT2D eigenvalue weighted by Gasteiger charge is 2.23. The Kier molecular flexibility index (Phi) is 2.11. The van der Waals surface area contributed by atoms with Crippen LogP contribution in [0.5, 0.6) is 0 Å². The number of nitrogens with one attached hydrogen (secondary N) is 1. The van der Waals surface area contributed by atoms with Gasteiger partial charge in [-0.3, -0.25) is 0 Å². The minimum absolute atomic E-state index is 0.518. The zero-order chi connectivity index (χ0) is 8.55. The predicted octanol–water partition coefficient (Wildman–Crippen LogP) is 1.35. The third kappa shape index (κ3) is 1.36. The molecule has 1 fully saturated rings. The van der Waals surface area contributed by atoms with E-state index in [0.29, 0.717) is 11.8 Å². The van der Waals surface area contributed by atoms with Gasteiger partial charge in [0.1, 0.15) is 10.0 Å². The molecule has 0 aromatic carbocycles. The highest BCUT2D eigenvalue weighted by molar-refractivity contribution is 7.11. The van der Waals surface area contributed by atoms with Crippen LogP contribution in [0, 0.1) is 0 Å². The zero-order valence-corrected chi connectivity index (χ0v) is 8.19. The third-order valence-electron chi connectivity index (χ3n) is 2.08. The van der Waals surface area contributed by atoms with Crippen molar-refractivity contribution in [3.63, 3.8) is 0 Å². The van der Waals surface area contributed by atoms with Gasteiger partial charge in [-0.1, -0.05) is 13.8 Å². The molecule has 2 rings (SSSR count). The summed E-state index contributed by atoms with van der Waals surface area (Å²) in [5.41, 5.74) is 0. The van der Waals surface area contributed by atoms with Crippen molar-refractivity contribution >= 4 is 11.3 Å². The summed E-state index contributed by atoms with van der Waals surface area (Å²) in [5.74, 6) is 1.15. The number of rotatable bonds is 2. The van der Waals surface area contributed by atoms with Crippen LogP contribution in [-0.2, 0) is 0 Å². The lowest BCUT2D eigenvalue weighted by Crippen LogP contribution is -2.39. The largest absolute Gasteiger partial charge is 0.315 e. The molecule has 1 aliphatic heterocycles. The molecule has 2 heterocycles. The summed E-state index contributed by atoms with van der Waals surface area (Å²) < 4.78 is 0. The summed E-state index contributed by atoms with van der Waals surface area (Å²) in [6, 6.07) is 0. The minimum Gasteiger partial charge on any atom is -0.315 e. The number of hydrogen-bond acceptors (Lipinski definition) is 4. The molecule has 1 saturated heterocycles. The molecular weight excluding hydrogens is 170 g/mol. The van der Waals surface area contributed by atoms with Crippen molar-refractivity contribution in [1.82, 2.24) is 15.5 Å². The SMILES string of the molecule is CC(C)c1nnc(C2CNC2)s1. The van der Waals surface area contributed by atoms with E-state index in [1.54, 1.807) is 11.3 Å². The Morgan fingerprint density at radius 3 is 2.58 bits per heavy atom. The topological polar surface area (TPSA) is 37.8 Å². The van der Waals surface area contributed by atoms with Crippen LogP contribution < -0.4 is 5.32 Å². The Morgan fingerprint density at radius 2 is 2.17 bits per heavy atom. The van der Waals surface area contributed by atoms with E-state index in [1.807, 2.05) is 0 Å². The molecule has 66 valence electrons. The van der Waals surface area contributed by atoms with Crippen LogP contribution in [0.2, 0.25) is 0 Å². The van der Waals surface area contributed by atoms with Gasteiger partial charge >= 0.3 is 0 Å². The quantitative estimate of drug-likeness (QED) is 0.752. The van der Waals surface area contributed by atoms with Gasteiger partial charge in [0.2, 0.25) is 0 Å². The van der Waals surface area contributed by atoms with Crippen molar-refractivity contribution in [1.29, 1.82) is 0 Å². The Bertz CT molecular complexity index is 265. The summed E-state index contributed by atoms with van der Waals surface area (Å²) in [6.07, 6.45) is 0. The van der Waals surface area contributed by atoms with Gasteiger partial charge in [-0.2, -0.15) is 0 Å². The van der Waals surface area contributed by atoms with E-state index in [9.17, 15) is 0 Å². The Hall–Kier alpha value is -0.480. The molecule has 1 aliphatic rings. The maximum absolute atomic E-state index is 4.19. The smallest absolute Gasteiger partial charge is 0.123 e. The van der Waals surface area contributed by atoms with Crippen LogP contribution in [0.4, 0.5) is 0 Å². The summed E-state index contributed by atoms with van der Waals surface area (Å²) >= 11 is 1.76. The lowest BCUT2D eigenvalue weighted by molar-refractivity contribution is 0.444. The summed E-state index contributed by atoms with van der Waals surface area (Å²) in [4.78, 5) is 0. The van der Waals surface area contributed by atoms with Crippen LogP contribution in [0.1, 0.15) is 35.7 Å². The minimum atomic E-state index is 0.518. The summed E-state index contributed by atoms with van der Waals surface area (Å²) in [5, 5.41) is 14.0. The van der Waals surface area contributed by atoms with Crippen molar-refractivity contribution < 1.29 is 0 Å². The number of hydrogen-bond donors (Lipinski definition) is 1. The van der Waals surface area contributed by atoms with E-state index in [4.69, 9.17) is 0 Å². The molecule has 1 N–H and O–H groups in total. The second kappa shape index (κ2) is 3.11. The van der Waals surface area contributed by atoms with Crippen molar-refractivity contribution in [2.45, 2.75) is 25.7 Å². The average Bonchev–Trinajstić information content (AvgIpc) is 2.32. The standard InChI is InChI=1S/C8H13N3S/c1-5(2)7-10-11-8(12-7)6-3-9-4-6/h5-6,9H,3-4H2,1-2H3. The van der Waals surface area contributed by atoms with Gasteiger partial charge < -0.3 is 5.32 Å². The molecule has 0 bridgehead atoms. The first-order valence-electron chi connectivity index (χ1n) is 4.31. The molecule has 0 spiro atoms. The van der Waals surface area contributed by atoms with E-state index in [-0.39, 0.29) is 0 Å². The van der Waals surface area contributed by atoms with Crippen molar-refractivity contribution in [3.8, 4) is 0 Å². The van der Waals surface area contributed by atoms with Crippen LogP contribution in [0.25, 0.3) is 0 Å². The fraction of sp³-hybridized carbons (Fsp3) is 0.750. The highest BCUT2D eigenvalue weighted by atomic mass is 32.1. The van der Waals surface area contributed by atoms with Crippen LogP contribution in [0.3, 0.4) is 0 Å². The lowest BCUT2D eigenvalue weighted by Gasteiger charge is -2.24. The molecule has 0 radical (unpaired) electrons. The highest BCUT2D eigenvalue weighted by Crippen LogP contribution is 2.26. The fourth-order valence-corrected chi connectivity index (χ4v) is 2.05. The Balaban J connectivity index is 2.12. The van der Waals surface area contributed by atoms with Gasteiger partial charge in [-0.25, -0.2) is 0 Å².